The molecule has 0 atom stereocenters. The first kappa shape index (κ1) is 12.6. The van der Waals surface area contributed by atoms with E-state index in [9.17, 15) is 0 Å². The second kappa shape index (κ2) is 5.64. The van der Waals surface area contributed by atoms with E-state index in [0.29, 0.717) is 19.6 Å². The monoisotopic (exact) mass is 246 g/mol. The van der Waals surface area contributed by atoms with Crippen molar-refractivity contribution in [2.24, 2.45) is 12.8 Å². The van der Waals surface area contributed by atoms with Crippen LogP contribution >= 0.6 is 0 Å². The molecule has 0 aliphatic rings. The fraction of sp³-hybridized carbons (Fsp3) is 0.385. The molecule has 0 aliphatic heterocycles. The van der Waals surface area contributed by atoms with Gasteiger partial charge in [0.1, 0.15) is 5.75 Å². The maximum atomic E-state index is 5.51. The minimum atomic E-state index is 0.562. The molecule has 1 aromatic carbocycles. The van der Waals surface area contributed by atoms with Crippen LogP contribution in [0, 0.1) is 0 Å². The first-order chi connectivity index (χ1) is 8.74. The summed E-state index contributed by atoms with van der Waals surface area (Å²) in [6.07, 6.45) is 0.699. The zero-order valence-corrected chi connectivity index (χ0v) is 10.8. The van der Waals surface area contributed by atoms with Crippen LogP contribution in [0.4, 0.5) is 0 Å². The Morgan fingerprint density at radius 3 is 2.61 bits per heavy atom. The quantitative estimate of drug-likeness (QED) is 0.865. The third-order valence-electron chi connectivity index (χ3n) is 2.60. The van der Waals surface area contributed by atoms with Crippen molar-refractivity contribution in [3.8, 4) is 17.1 Å². The highest BCUT2D eigenvalue weighted by Gasteiger charge is 2.08. The zero-order chi connectivity index (χ0) is 13.0. The smallest absolute Gasteiger partial charge is 0.158 e. The average molecular weight is 246 g/mol. The van der Waals surface area contributed by atoms with Crippen molar-refractivity contribution >= 4 is 0 Å². The van der Waals surface area contributed by atoms with Gasteiger partial charge in [-0.25, -0.2) is 9.67 Å². The summed E-state index contributed by atoms with van der Waals surface area (Å²) in [6.45, 7) is 3.20. The molecule has 1 aromatic heterocycles. The number of nitrogens with zero attached hydrogens (tertiary/aromatic N) is 3. The Labute approximate surface area is 107 Å². The number of hydrogen-bond acceptors (Lipinski definition) is 4. The fourth-order valence-corrected chi connectivity index (χ4v) is 1.79. The van der Waals surface area contributed by atoms with E-state index in [1.165, 1.54) is 0 Å². The lowest BCUT2D eigenvalue weighted by atomic mass is 10.2. The predicted molar refractivity (Wildman–Crippen MR) is 70.4 cm³/mol. The van der Waals surface area contributed by atoms with Gasteiger partial charge in [0.15, 0.2) is 11.6 Å². The van der Waals surface area contributed by atoms with Crippen molar-refractivity contribution in [1.82, 2.24) is 14.8 Å². The second-order valence-electron chi connectivity index (χ2n) is 3.97. The number of benzene rings is 1. The Balaban J connectivity index is 2.24. The van der Waals surface area contributed by atoms with Gasteiger partial charge in [0.2, 0.25) is 0 Å². The van der Waals surface area contributed by atoms with Gasteiger partial charge < -0.3 is 10.5 Å². The Hall–Kier alpha value is -1.88. The Morgan fingerprint density at radius 2 is 2.00 bits per heavy atom. The van der Waals surface area contributed by atoms with Gasteiger partial charge in [-0.2, -0.15) is 5.10 Å². The summed E-state index contributed by atoms with van der Waals surface area (Å²) < 4.78 is 7.19. The van der Waals surface area contributed by atoms with Crippen molar-refractivity contribution in [2.75, 3.05) is 13.2 Å². The van der Waals surface area contributed by atoms with E-state index in [2.05, 4.69) is 10.1 Å². The van der Waals surface area contributed by atoms with E-state index >= 15 is 0 Å². The van der Waals surface area contributed by atoms with Crippen LogP contribution in [0.2, 0.25) is 0 Å². The molecule has 2 rings (SSSR count). The van der Waals surface area contributed by atoms with Crippen molar-refractivity contribution in [3.05, 3.63) is 30.1 Å². The van der Waals surface area contributed by atoms with E-state index in [0.717, 1.165) is 23.0 Å². The molecule has 2 N–H and O–H groups in total. The molecule has 0 aliphatic carbocycles. The molecule has 0 saturated carbocycles. The van der Waals surface area contributed by atoms with E-state index in [-0.39, 0.29) is 0 Å². The molecule has 18 heavy (non-hydrogen) atoms. The van der Waals surface area contributed by atoms with Crippen LogP contribution in [-0.2, 0) is 13.5 Å². The van der Waals surface area contributed by atoms with E-state index in [4.69, 9.17) is 10.5 Å². The van der Waals surface area contributed by atoms with Gasteiger partial charge in [-0.15, -0.1) is 0 Å². The van der Waals surface area contributed by atoms with Crippen LogP contribution < -0.4 is 10.5 Å². The molecule has 0 radical (unpaired) electrons. The van der Waals surface area contributed by atoms with Gasteiger partial charge in [0.25, 0.3) is 0 Å². The summed E-state index contributed by atoms with van der Waals surface area (Å²) in [5.74, 6) is 2.50. The van der Waals surface area contributed by atoms with Crippen LogP contribution in [0.1, 0.15) is 12.7 Å². The zero-order valence-electron chi connectivity index (χ0n) is 10.8. The lowest BCUT2D eigenvalue weighted by molar-refractivity contribution is 0.340. The third-order valence-corrected chi connectivity index (χ3v) is 2.60. The number of nitrogens with two attached hydrogens (primary N) is 1. The lowest BCUT2D eigenvalue weighted by Crippen LogP contribution is -2.04. The van der Waals surface area contributed by atoms with Crippen molar-refractivity contribution < 1.29 is 4.74 Å². The van der Waals surface area contributed by atoms with Gasteiger partial charge in [-0.1, -0.05) is 0 Å². The van der Waals surface area contributed by atoms with E-state index in [1.54, 1.807) is 4.68 Å². The second-order valence-corrected chi connectivity index (χ2v) is 3.97. The highest BCUT2D eigenvalue weighted by molar-refractivity contribution is 5.56. The standard InChI is InChI=1S/C13H18N4O/c1-3-18-11-6-4-10(5-7-11)13-15-12(8-9-14)16-17(13)2/h4-7H,3,8-9,14H2,1-2H3. The highest BCUT2D eigenvalue weighted by atomic mass is 16.5. The third kappa shape index (κ3) is 2.68. The van der Waals surface area contributed by atoms with Gasteiger partial charge in [0.05, 0.1) is 6.61 Å². The maximum absolute atomic E-state index is 5.51. The maximum Gasteiger partial charge on any atom is 0.158 e. The number of hydrogen-bond donors (Lipinski definition) is 1. The molecule has 96 valence electrons. The molecule has 0 unspecified atom stereocenters. The SMILES string of the molecule is CCOc1ccc(-c2nc(CCN)nn2C)cc1. The minimum Gasteiger partial charge on any atom is -0.494 e. The van der Waals surface area contributed by atoms with Crippen LogP contribution in [0.15, 0.2) is 24.3 Å². The van der Waals surface area contributed by atoms with Gasteiger partial charge in [-0.3, -0.25) is 0 Å². The Bertz CT molecular complexity index is 504. The molecular formula is C13H18N4O. The summed E-state index contributed by atoms with van der Waals surface area (Å²) in [5.41, 5.74) is 6.53. The lowest BCUT2D eigenvalue weighted by Gasteiger charge is -2.04. The number of ether oxygens (including phenoxy) is 1. The first-order valence-electron chi connectivity index (χ1n) is 6.07. The molecule has 5 nitrogen and oxygen atoms in total. The summed E-state index contributed by atoms with van der Waals surface area (Å²) in [6, 6.07) is 7.86. The predicted octanol–water partition coefficient (Wildman–Crippen LogP) is 1.38. The normalized spacial score (nSPS) is 10.6. The van der Waals surface area contributed by atoms with Crippen LogP contribution in [-0.4, -0.2) is 27.9 Å². The van der Waals surface area contributed by atoms with Crippen LogP contribution in [0.3, 0.4) is 0 Å². The molecule has 2 aromatic rings. The molecule has 0 saturated heterocycles. The molecular weight excluding hydrogens is 228 g/mol. The number of aromatic nitrogens is 3. The molecule has 0 bridgehead atoms. The summed E-state index contributed by atoms with van der Waals surface area (Å²) in [4.78, 5) is 4.48. The number of rotatable bonds is 5. The van der Waals surface area contributed by atoms with Crippen LogP contribution in [0.25, 0.3) is 11.4 Å². The van der Waals surface area contributed by atoms with Gasteiger partial charge in [0, 0.05) is 19.0 Å². The molecule has 0 fully saturated rings. The van der Waals surface area contributed by atoms with E-state index < -0.39 is 0 Å². The summed E-state index contributed by atoms with van der Waals surface area (Å²) >= 11 is 0. The Kier molecular flexibility index (Phi) is 3.94. The van der Waals surface area contributed by atoms with E-state index in [1.807, 2.05) is 38.2 Å². The van der Waals surface area contributed by atoms with Crippen molar-refractivity contribution in [3.63, 3.8) is 0 Å². The topological polar surface area (TPSA) is 66.0 Å². The number of aryl methyl sites for hydroxylation is 1. The summed E-state index contributed by atoms with van der Waals surface area (Å²) in [7, 11) is 1.89. The average Bonchev–Trinajstić information content (AvgIpc) is 2.72. The van der Waals surface area contributed by atoms with Crippen molar-refractivity contribution in [2.45, 2.75) is 13.3 Å². The molecule has 1 heterocycles. The van der Waals surface area contributed by atoms with Crippen molar-refractivity contribution in [1.29, 1.82) is 0 Å². The molecule has 0 amide bonds. The fourth-order valence-electron chi connectivity index (χ4n) is 1.79. The van der Waals surface area contributed by atoms with Crippen LogP contribution in [0.5, 0.6) is 5.75 Å². The minimum absolute atomic E-state index is 0.562. The summed E-state index contributed by atoms with van der Waals surface area (Å²) in [5, 5.41) is 4.33. The first-order valence-corrected chi connectivity index (χ1v) is 6.07. The largest absolute Gasteiger partial charge is 0.494 e. The van der Waals surface area contributed by atoms with Gasteiger partial charge >= 0.3 is 0 Å². The Morgan fingerprint density at radius 1 is 1.28 bits per heavy atom. The highest BCUT2D eigenvalue weighted by Crippen LogP contribution is 2.20. The molecule has 5 heteroatoms. The van der Waals surface area contributed by atoms with Gasteiger partial charge in [-0.05, 0) is 37.7 Å². The molecule has 0 spiro atoms.